The number of rotatable bonds is 2. The molecule has 1 fully saturated rings. The van der Waals surface area contributed by atoms with Crippen molar-refractivity contribution >= 4 is 6.09 Å². The van der Waals surface area contributed by atoms with Crippen LogP contribution in [0.15, 0.2) is 24.3 Å². The standard InChI is InChI=1S/C18H26N2O3/c1-16(2,3)23-15(21)20-11-18(22,12-20)17(10-19)8-13-6-4-5-7-14(13)9-17/h4-7,22H,8-12,19H2,1-3H3. The SMILES string of the molecule is CC(C)(C)OC(=O)N1CC(O)(C2(CN)Cc3ccccc3C2)C1. The number of hydrogen-bond donors (Lipinski definition) is 2. The van der Waals surface area contributed by atoms with Crippen molar-refractivity contribution in [2.75, 3.05) is 19.6 Å². The fourth-order valence-electron chi connectivity index (χ4n) is 3.73. The van der Waals surface area contributed by atoms with Crippen molar-refractivity contribution in [1.29, 1.82) is 0 Å². The molecule has 1 aliphatic heterocycles. The van der Waals surface area contributed by atoms with Gasteiger partial charge in [0.25, 0.3) is 0 Å². The first-order valence-electron chi connectivity index (χ1n) is 8.15. The van der Waals surface area contributed by atoms with Crippen LogP contribution in [0.4, 0.5) is 4.79 Å². The molecular weight excluding hydrogens is 292 g/mol. The summed E-state index contributed by atoms with van der Waals surface area (Å²) in [6, 6.07) is 8.23. The first-order valence-corrected chi connectivity index (χ1v) is 8.15. The summed E-state index contributed by atoms with van der Waals surface area (Å²) in [4.78, 5) is 13.7. The average Bonchev–Trinajstić information content (AvgIpc) is 2.82. The third-order valence-corrected chi connectivity index (χ3v) is 5.11. The summed E-state index contributed by atoms with van der Waals surface area (Å²) in [5.41, 5.74) is 6.71. The number of nitrogens with zero attached hydrogens (tertiary/aromatic N) is 1. The number of amides is 1. The minimum absolute atomic E-state index is 0.285. The number of β-amino-alcohol motifs (C(OH)–C–C–N with tert-alkyl or cyclic N) is 1. The van der Waals surface area contributed by atoms with Crippen LogP contribution in [-0.4, -0.2) is 46.9 Å². The van der Waals surface area contributed by atoms with Crippen molar-refractivity contribution in [2.45, 2.75) is 44.8 Å². The minimum atomic E-state index is -0.947. The number of aliphatic hydroxyl groups is 1. The van der Waals surface area contributed by atoms with Crippen molar-refractivity contribution in [2.24, 2.45) is 11.1 Å². The van der Waals surface area contributed by atoms with Gasteiger partial charge in [0.1, 0.15) is 11.2 Å². The second-order valence-electron chi connectivity index (χ2n) is 7.97. The molecule has 1 aromatic rings. The van der Waals surface area contributed by atoms with Crippen LogP contribution in [0.25, 0.3) is 0 Å². The van der Waals surface area contributed by atoms with E-state index < -0.39 is 16.6 Å². The lowest BCUT2D eigenvalue weighted by Gasteiger charge is -2.55. The third kappa shape index (κ3) is 2.72. The van der Waals surface area contributed by atoms with Crippen LogP contribution in [-0.2, 0) is 17.6 Å². The number of carbonyl (C=O) groups excluding carboxylic acids is 1. The molecule has 1 saturated heterocycles. The fourth-order valence-corrected chi connectivity index (χ4v) is 3.73. The third-order valence-electron chi connectivity index (χ3n) is 5.11. The zero-order valence-electron chi connectivity index (χ0n) is 14.1. The van der Waals surface area contributed by atoms with E-state index in [1.165, 1.54) is 11.1 Å². The van der Waals surface area contributed by atoms with E-state index >= 15 is 0 Å². The van der Waals surface area contributed by atoms with Gasteiger partial charge in [-0.15, -0.1) is 0 Å². The van der Waals surface area contributed by atoms with Crippen LogP contribution in [0.5, 0.6) is 0 Å². The molecule has 1 aromatic carbocycles. The van der Waals surface area contributed by atoms with Crippen molar-refractivity contribution in [3.05, 3.63) is 35.4 Å². The van der Waals surface area contributed by atoms with Crippen molar-refractivity contribution in [3.8, 4) is 0 Å². The number of nitrogens with two attached hydrogens (primary N) is 1. The van der Waals surface area contributed by atoms with Crippen LogP contribution < -0.4 is 5.73 Å². The molecule has 0 bridgehead atoms. The molecule has 1 aliphatic carbocycles. The summed E-state index contributed by atoms with van der Waals surface area (Å²) in [5.74, 6) is 0. The zero-order chi connectivity index (χ0) is 16.9. The van der Waals surface area contributed by atoms with Gasteiger partial charge in [-0.3, -0.25) is 0 Å². The Morgan fingerprint density at radius 3 is 2.22 bits per heavy atom. The quantitative estimate of drug-likeness (QED) is 0.870. The zero-order valence-corrected chi connectivity index (χ0v) is 14.1. The van der Waals surface area contributed by atoms with Crippen LogP contribution in [0.1, 0.15) is 31.9 Å². The molecule has 126 valence electrons. The molecular formula is C18H26N2O3. The van der Waals surface area contributed by atoms with E-state index in [0.717, 1.165) is 12.8 Å². The van der Waals surface area contributed by atoms with Gasteiger partial charge >= 0.3 is 6.09 Å². The number of benzene rings is 1. The molecule has 0 atom stereocenters. The van der Waals surface area contributed by atoms with E-state index in [1.54, 1.807) is 4.90 Å². The summed E-state index contributed by atoms with van der Waals surface area (Å²) in [6.45, 7) is 6.49. The van der Waals surface area contributed by atoms with Gasteiger partial charge < -0.3 is 20.5 Å². The molecule has 0 spiro atoms. The number of carbonyl (C=O) groups is 1. The number of ether oxygens (including phenoxy) is 1. The van der Waals surface area contributed by atoms with Gasteiger partial charge in [0.15, 0.2) is 0 Å². The molecule has 1 amide bonds. The Hall–Kier alpha value is -1.59. The highest BCUT2D eigenvalue weighted by atomic mass is 16.6. The molecule has 3 rings (SSSR count). The van der Waals surface area contributed by atoms with E-state index in [1.807, 2.05) is 32.9 Å². The number of hydrogen-bond acceptors (Lipinski definition) is 4. The minimum Gasteiger partial charge on any atom is -0.444 e. The molecule has 23 heavy (non-hydrogen) atoms. The highest BCUT2D eigenvalue weighted by Crippen LogP contribution is 2.48. The second-order valence-corrected chi connectivity index (χ2v) is 7.97. The topological polar surface area (TPSA) is 75.8 Å². The summed E-state index contributed by atoms with van der Waals surface area (Å²) < 4.78 is 5.37. The lowest BCUT2D eigenvalue weighted by Crippen LogP contribution is -2.73. The Balaban J connectivity index is 1.72. The molecule has 1 heterocycles. The van der Waals surface area contributed by atoms with Gasteiger partial charge in [0, 0.05) is 12.0 Å². The summed E-state index contributed by atoms with van der Waals surface area (Å²) in [5, 5.41) is 11.1. The Bertz CT molecular complexity index is 590. The Morgan fingerprint density at radius 2 is 1.78 bits per heavy atom. The second kappa shape index (κ2) is 5.21. The monoisotopic (exact) mass is 318 g/mol. The summed E-state index contributed by atoms with van der Waals surface area (Å²) in [6.07, 6.45) is 1.15. The van der Waals surface area contributed by atoms with E-state index in [-0.39, 0.29) is 19.2 Å². The molecule has 5 heteroatoms. The van der Waals surface area contributed by atoms with E-state index in [0.29, 0.717) is 6.54 Å². The molecule has 3 N–H and O–H groups in total. The van der Waals surface area contributed by atoms with E-state index in [4.69, 9.17) is 10.5 Å². The lowest BCUT2D eigenvalue weighted by molar-refractivity contribution is -0.168. The number of fused-ring (bicyclic) bond motifs is 1. The number of likely N-dealkylation sites (tertiary alicyclic amines) is 1. The molecule has 0 aromatic heterocycles. The smallest absolute Gasteiger partial charge is 0.410 e. The largest absolute Gasteiger partial charge is 0.444 e. The van der Waals surface area contributed by atoms with Gasteiger partial charge in [-0.25, -0.2) is 4.79 Å². The maximum Gasteiger partial charge on any atom is 0.410 e. The van der Waals surface area contributed by atoms with Crippen molar-refractivity contribution in [1.82, 2.24) is 4.90 Å². The molecule has 5 nitrogen and oxygen atoms in total. The van der Waals surface area contributed by atoms with Crippen molar-refractivity contribution in [3.63, 3.8) is 0 Å². The molecule has 2 aliphatic rings. The van der Waals surface area contributed by atoms with Crippen LogP contribution in [0.2, 0.25) is 0 Å². The van der Waals surface area contributed by atoms with Gasteiger partial charge in [-0.1, -0.05) is 24.3 Å². The Labute approximate surface area is 137 Å². The molecule has 0 radical (unpaired) electrons. The molecule has 0 unspecified atom stereocenters. The first kappa shape index (κ1) is 16.3. The van der Waals surface area contributed by atoms with Crippen molar-refractivity contribution < 1.29 is 14.6 Å². The molecule has 0 saturated carbocycles. The highest BCUT2D eigenvalue weighted by Gasteiger charge is 2.59. The van der Waals surface area contributed by atoms with Crippen LogP contribution >= 0.6 is 0 Å². The Morgan fingerprint density at radius 1 is 1.26 bits per heavy atom. The maximum absolute atomic E-state index is 12.1. The van der Waals surface area contributed by atoms with Gasteiger partial charge in [-0.2, -0.15) is 0 Å². The van der Waals surface area contributed by atoms with Crippen LogP contribution in [0.3, 0.4) is 0 Å². The lowest BCUT2D eigenvalue weighted by atomic mass is 9.65. The summed E-state index contributed by atoms with van der Waals surface area (Å²) in [7, 11) is 0. The first-order chi connectivity index (χ1) is 10.7. The van der Waals surface area contributed by atoms with Gasteiger partial charge in [0.05, 0.1) is 13.1 Å². The maximum atomic E-state index is 12.1. The van der Waals surface area contributed by atoms with Gasteiger partial charge in [-0.05, 0) is 44.7 Å². The van der Waals surface area contributed by atoms with Gasteiger partial charge in [0.2, 0.25) is 0 Å². The summed E-state index contributed by atoms with van der Waals surface area (Å²) >= 11 is 0. The van der Waals surface area contributed by atoms with Crippen LogP contribution in [0, 0.1) is 5.41 Å². The normalized spacial score (nSPS) is 21.5. The van der Waals surface area contributed by atoms with E-state index in [9.17, 15) is 9.90 Å². The fraction of sp³-hybridized carbons (Fsp3) is 0.611. The predicted molar refractivity (Wildman–Crippen MR) is 88.1 cm³/mol. The predicted octanol–water partition coefficient (Wildman–Crippen LogP) is 1.71. The Kier molecular flexibility index (Phi) is 3.69. The van der Waals surface area contributed by atoms with E-state index in [2.05, 4.69) is 12.1 Å². The average molecular weight is 318 g/mol. The highest BCUT2D eigenvalue weighted by molar-refractivity contribution is 5.70.